The van der Waals surface area contributed by atoms with E-state index in [1.807, 2.05) is 0 Å². The van der Waals surface area contributed by atoms with Crippen LogP contribution >= 0.6 is 0 Å². The Morgan fingerprint density at radius 1 is 1.08 bits per heavy atom. The smallest absolute Gasteiger partial charge is 0.416 e. The number of carbonyl (C=O) groups is 1. The number of hydrogen-bond acceptors (Lipinski definition) is 2. The van der Waals surface area contributed by atoms with Gasteiger partial charge in [0, 0.05) is 18.7 Å². The Labute approximate surface area is 133 Å². The van der Waals surface area contributed by atoms with Gasteiger partial charge in [-0.15, -0.1) is 0 Å². The van der Waals surface area contributed by atoms with Crippen molar-refractivity contribution in [2.75, 3.05) is 6.54 Å². The Morgan fingerprint density at radius 3 is 2.25 bits per heavy atom. The lowest BCUT2D eigenvalue weighted by Gasteiger charge is -2.09. The lowest BCUT2D eigenvalue weighted by atomic mass is 10.1. The molecule has 0 atom stereocenters. The third kappa shape index (κ3) is 4.21. The molecule has 24 heavy (non-hydrogen) atoms. The fourth-order valence-electron chi connectivity index (χ4n) is 2.05. The van der Waals surface area contributed by atoms with E-state index in [1.165, 1.54) is 12.1 Å². The predicted octanol–water partition coefficient (Wildman–Crippen LogP) is 3.66. The van der Waals surface area contributed by atoms with Crippen molar-refractivity contribution in [3.05, 3.63) is 64.7 Å². The number of phenolic OH excluding ortho intramolecular Hbond substituents is 1. The summed E-state index contributed by atoms with van der Waals surface area (Å²) < 4.78 is 63.6. The summed E-state index contributed by atoms with van der Waals surface area (Å²) in [7, 11) is 0. The number of rotatable bonds is 4. The molecule has 1 amide bonds. The van der Waals surface area contributed by atoms with Crippen LogP contribution in [0.2, 0.25) is 0 Å². The summed E-state index contributed by atoms with van der Waals surface area (Å²) in [6.45, 7) is 0.000451. The minimum atomic E-state index is -4.43. The minimum absolute atomic E-state index is 0.000451. The molecule has 0 aliphatic carbocycles. The molecule has 2 aromatic carbocycles. The molecule has 0 radical (unpaired) electrons. The quantitative estimate of drug-likeness (QED) is 0.831. The number of phenols is 1. The zero-order chi connectivity index (χ0) is 17.9. The van der Waals surface area contributed by atoms with Gasteiger partial charge in [-0.25, -0.2) is 8.78 Å². The monoisotopic (exact) mass is 345 g/mol. The van der Waals surface area contributed by atoms with Gasteiger partial charge in [-0.3, -0.25) is 4.79 Å². The van der Waals surface area contributed by atoms with Crippen molar-refractivity contribution in [1.29, 1.82) is 0 Å². The molecule has 0 aromatic heterocycles. The first kappa shape index (κ1) is 17.7. The Bertz CT molecular complexity index is 718. The van der Waals surface area contributed by atoms with Crippen LogP contribution in [0.1, 0.15) is 21.5 Å². The summed E-state index contributed by atoms with van der Waals surface area (Å²) in [6, 6.07) is 5.44. The Morgan fingerprint density at radius 2 is 1.71 bits per heavy atom. The third-order valence-corrected chi connectivity index (χ3v) is 3.24. The van der Waals surface area contributed by atoms with Gasteiger partial charge in [0.25, 0.3) is 5.91 Å². The van der Waals surface area contributed by atoms with Crippen molar-refractivity contribution in [1.82, 2.24) is 5.32 Å². The first-order valence-electron chi connectivity index (χ1n) is 6.81. The van der Waals surface area contributed by atoms with Crippen molar-refractivity contribution in [3.8, 4) is 5.75 Å². The number of benzene rings is 2. The van der Waals surface area contributed by atoms with Gasteiger partial charge in [0.05, 0.1) is 5.56 Å². The predicted molar refractivity (Wildman–Crippen MR) is 75.5 cm³/mol. The second-order valence-electron chi connectivity index (χ2n) is 4.98. The zero-order valence-electron chi connectivity index (χ0n) is 12.1. The third-order valence-electron chi connectivity index (χ3n) is 3.24. The van der Waals surface area contributed by atoms with Gasteiger partial charge in [-0.05, 0) is 24.1 Å². The van der Waals surface area contributed by atoms with Crippen molar-refractivity contribution in [2.24, 2.45) is 0 Å². The molecule has 0 bridgehead atoms. The average molecular weight is 345 g/mol. The maximum Gasteiger partial charge on any atom is 0.416 e. The van der Waals surface area contributed by atoms with Crippen LogP contribution < -0.4 is 5.32 Å². The highest BCUT2D eigenvalue weighted by Crippen LogP contribution is 2.29. The Hall–Kier alpha value is -2.64. The molecule has 0 heterocycles. The van der Waals surface area contributed by atoms with E-state index in [2.05, 4.69) is 5.32 Å². The number of nitrogens with one attached hydrogen (secondary N) is 1. The van der Waals surface area contributed by atoms with Gasteiger partial charge in [0.1, 0.15) is 22.9 Å². The van der Waals surface area contributed by atoms with Crippen LogP contribution in [0.25, 0.3) is 0 Å². The number of amides is 1. The molecule has 0 unspecified atom stereocenters. The molecule has 2 rings (SSSR count). The Balaban J connectivity index is 1.96. The largest absolute Gasteiger partial charge is 0.507 e. The molecule has 2 N–H and O–H groups in total. The molecule has 0 aliphatic heterocycles. The highest BCUT2D eigenvalue weighted by Gasteiger charge is 2.29. The zero-order valence-corrected chi connectivity index (χ0v) is 12.1. The lowest BCUT2D eigenvalue weighted by molar-refractivity contribution is -0.137. The van der Waals surface area contributed by atoms with Gasteiger partial charge in [-0.1, -0.05) is 12.1 Å². The molecule has 0 saturated carbocycles. The summed E-state index contributed by atoms with van der Waals surface area (Å²) in [4.78, 5) is 11.8. The topological polar surface area (TPSA) is 49.3 Å². The number of aromatic hydroxyl groups is 1. The van der Waals surface area contributed by atoms with Crippen LogP contribution in [0, 0.1) is 11.6 Å². The van der Waals surface area contributed by atoms with Crippen LogP contribution in [0.15, 0.2) is 36.4 Å². The summed E-state index contributed by atoms with van der Waals surface area (Å²) in [5.41, 5.74) is -0.940. The summed E-state index contributed by atoms with van der Waals surface area (Å²) in [5, 5.41) is 11.7. The average Bonchev–Trinajstić information content (AvgIpc) is 2.45. The maximum atomic E-state index is 13.5. The lowest BCUT2D eigenvalue weighted by Crippen LogP contribution is -2.26. The Kier molecular flexibility index (Phi) is 5.06. The highest BCUT2D eigenvalue weighted by atomic mass is 19.4. The van der Waals surface area contributed by atoms with Crippen molar-refractivity contribution < 1.29 is 31.9 Å². The van der Waals surface area contributed by atoms with Crippen LogP contribution in [0.3, 0.4) is 0 Å². The fourth-order valence-corrected chi connectivity index (χ4v) is 2.05. The molecule has 8 heteroatoms. The fraction of sp³-hybridized carbons (Fsp3) is 0.188. The van der Waals surface area contributed by atoms with Gasteiger partial charge < -0.3 is 10.4 Å². The SMILES string of the molecule is O=C(NCCc1ccc(C(F)(F)F)cc1)c1c(O)cc(F)cc1F. The van der Waals surface area contributed by atoms with Crippen LogP contribution in [0.5, 0.6) is 5.75 Å². The number of alkyl halides is 3. The molecule has 128 valence electrons. The first-order valence-corrected chi connectivity index (χ1v) is 6.81. The standard InChI is InChI=1S/C16H12F5NO2/c17-11-7-12(18)14(13(23)8-11)15(24)22-6-5-9-1-3-10(4-2-9)16(19,20)21/h1-4,7-8,23H,5-6H2,(H,22,24). The molecule has 0 saturated heterocycles. The van der Waals surface area contributed by atoms with Gasteiger partial charge >= 0.3 is 6.18 Å². The van der Waals surface area contributed by atoms with E-state index in [0.717, 1.165) is 12.1 Å². The van der Waals surface area contributed by atoms with E-state index in [1.54, 1.807) is 0 Å². The minimum Gasteiger partial charge on any atom is -0.507 e. The summed E-state index contributed by atoms with van der Waals surface area (Å²) >= 11 is 0. The molecular formula is C16H12F5NO2. The van der Waals surface area contributed by atoms with Crippen molar-refractivity contribution >= 4 is 5.91 Å². The van der Waals surface area contributed by atoms with E-state index in [-0.39, 0.29) is 13.0 Å². The molecule has 0 spiro atoms. The molecule has 0 aliphatic rings. The van der Waals surface area contributed by atoms with E-state index in [9.17, 15) is 31.9 Å². The van der Waals surface area contributed by atoms with E-state index in [0.29, 0.717) is 17.7 Å². The summed E-state index contributed by atoms with van der Waals surface area (Å²) in [5.74, 6) is -4.01. The van der Waals surface area contributed by atoms with Crippen molar-refractivity contribution in [3.63, 3.8) is 0 Å². The number of hydrogen-bond donors (Lipinski definition) is 2. The first-order chi connectivity index (χ1) is 11.2. The van der Waals surface area contributed by atoms with Crippen LogP contribution in [-0.4, -0.2) is 17.6 Å². The molecule has 3 nitrogen and oxygen atoms in total. The number of carbonyl (C=O) groups excluding carboxylic acids is 1. The van der Waals surface area contributed by atoms with Crippen LogP contribution in [0.4, 0.5) is 22.0 Å². The second kappa shape index (κ2) is 6.86. The van der Waals surface area contributed by atoms with E-state index in [4.69, 9.17) is 0 Å². The van der Waals surface area contributed by atoms with Crippen LogP contribution in [-0.2, 0) is 12.6 Å². The van der Waals surface area contributed by atoms with Gasteiger partial charge in [0.2, 0.25) is 0 Å². The van der Waals surface area contributed by atoms with Gasteiger partial charge in [0.15, 0.2) is 0 Å². The second-order valence-corrected chi connectivity index (χ2v) is 4.98. The highest BCUT2D eigenvalue weighted by molar-refractivity contribution is 5.97. The normalized spacial score (nSPS) is 11.4. The number of halogens is 5. The van der Waals surface area contributed by atoms with E-state index < -0.39 is 40.6 Å². The maximum absolute atomic E-state index is 13.5. The van der Waals surface area contributed by atoms with E-state index >= 15 is 0 Å². The summed E-state index contributed by atoms with van der Waals surface area (Å²) in [6.07, 6.45) is -4.22. The molecule has 2 aromatic rings. The molecular weight excluding hydrogens is 333 g/mol. The van der Waals surface area contributed by atoms with Gasteiger partial charge in [-0.2, -0.15) is 13.2 Å². The van der Waals surface area contributed by atoms with Crippen molar-refractivity contribution in [2.45, 2.75) is 12.6 Å². The molecule has 0 fully saturated rings.